The molecule has 0 aliphatic carbocycles. The van der Waals surface area contributed by atoms with Crippen LogP contribution in [0.1, 0.15) is 18.4 Å². The van der Waals surface area contributed by atoms with Gasteiger partial charge in [0.15, 0.2) is 12.6 Å². The molecule has 172 valence electrons. The first-order valence-corrected chi connectivity index (χ1v) is 9.54. The Hall–Kier alpha value is -1.16. The quantitative estimate of drug-likeness (QED) is 0.229. The smallest absolute Gasteiger partial charge is 0.187 e. The molecule has 2 aliphatic heterocycles. The van der Waals surface area contributed by atoms with E-state index in [2.05, 4.69) is 0 Å². The van der Waals surface area contributed by atoms with Crippen LogP contribution in [0.3, 0.4) is 0 Å². The standard InChI is InChI=1S/C18H28O12/c1-7-11(20)13(22)15(24)17(28-7)26-5-8-2-3-9(29-8)6-27-18-16(25)14(23)12(21)10(4-19)30-18/h2-3,7,10-25H,4-6H2,1H3/t7-,10-,11+,12+,13+,14+,15-,16-,17?,18?/m1/s1. The maximum atomic E-state index is 9.95. The minimum atomic E-state index is -1.54. The zero-order valence-electron chi connectivity index (χ0n) is 16.2. The summed E-state index contributed by atoms with van der Waals surface area (Å²) in [7, 11) is 0. The second kappa shape index (κ2) is 9.97. The van der Waals surface area contributed by atoms with Crippen LogP contribution in [0, 0.1) is 0 Å². The SMILES string of the molecule is C[C@H]1OC(OCc2ccc(COC3O[C@H](CO)[C@H](O)[C@H](O)[C@H]3O)o2)[C@H](O)[C@@H](O)[C@H]1O. The molecule has 2 fully saturated rings. The first-order chi connectivity index (χ1) is 14.2. The van der Waals surface area contributed by atoms with Crippen LogP contribution in [0.4, 0.5) is 0 Å². The van der Waals surface area contributed by atoms with Gasteiger partial charge < -0.3 is 59.1 Å². The second-order valence-corrected chi connectivity index (χ2v) is 7.37. The van der Waals surface area contributed by atoms with E-state index in [9.17, 15) is 35.7 Å². The molecule has 30 heavy (non-hydrogen) atoms. The number of hydrogen-bond donors (Lipinski definition) is 7. The number of aliphatic hydroxyl groups is 7. The van der Waals surface area contributed by atoms with Gasteiger partial charge in [-0.2, -0.15) is 0 Å². The second-order valence-electron chi connectivity index (χ2n) is 7.37. The Labute approximate surface area is 171 Å². The molecule has 7 N–H and O–H groups in total. The Bertz CT molecular complexity index is 665. The molecular formula is C18H28O12. The summed E-state index contributed by atoms with van der Waals surface area (Å²) in [5.41, 5.74) is 0. The fraction of sp³-hybridized carbons (Fsp3) is 0.778. The van der Waals surface area contributed by atoms with E-state index in [1.165, 1.54) is 6.92 Å². The van der Waals surface area contributed by atoms with Crippen LogP contribution < -0.4 is 0 Å². The molecule has 0 spiro atoms. The fourth-order valence-electron chi connectivity index (χ4n) is 3.26. The van der Waals surface area contributed by atoms with Gasteiger partial charge in [0.25, 0.3) is 0 Å². The molecule has 2 aliphatic rings. The summed E-state index contributed by atoms with van der Waals surface area (Å²) in [6, 6.07) is 3.15. The third kappa shape index (κ3) is 5.00. The van der Waals surface area contributed by atoms with Gasteiger partial charge in [-0.25, -0.2) is 0 Å². The van der Waals surface area contributed by atoms with Crippen LogP contribution in [0.2, 0.25) is 0 Å². The Kier molecular flexibility index (Phi) is 7.81. The summed E-state index contributed by atoms with van der Waals surface area (Å²) in [5.74, 6) is 0.686. The van der Waals surface area contributed by atoms with Gasteiger partial charge in [-0.1, -0.05) is 0 Å². The average molecular weight is 436 g/mol. The highest BCUT2D eigenvalue weighted by Crippen LogP contribution is 2.25. The van der Waals surface area contributed by atoms with Gasteiger partial charge in [-0.3, -0.25) is 0 Å². The molecule has 1 aromatic rings. The van der Waals surface area contributed by atoms with Crippen molar-refractivity contribution in [3.8, 4) is 0 Å². The minimum absolute atomic E-state index is 0.0999. The van der Waals surface area contributed by atoms with Gasteiger partial charge >= 0.3 is 0 Å². The summed E-state index contributed by atoms with van der Waals surface area (Å²) in [4.78, 5) is 0. The fourth-order valence-corrected chi connectivity index (χ4v) is 3.26. The molecule has 0 aromatic carbocycles. The largest absolute Gasteiger partial charge is 0.461 e. The van der Waals surface area contributed by atoms with Crippen LogP contribution in [-0.4, -0.2) is 104 Å². The van der Waals surface area contributed by atoms with E-state index in [1.807, 2.05) is 0 Å². The zero-order chi connectivity index (χ0) is 22.0. The Morgan fingerprint density at radius 2 is 1.23 bits per heavy atom. The lowest BCUT2D eigenvalue weighted by Crippen LogP contribution is -2.59. The number of ether oxygens (including phenoxy) is 4. The summed E-state index contributed by atoms with van der Waals surface area (Å²) in [6.07, 6.45) is -12.8. The van der Waals surface area contributed by atoms with Crippen LogP contribution in [0.25, 0.3) is 0 Å². The van der Waals surface area contributed by atoms with Crippen LogP contribution in [0.5, 0.6) is 0 Å². The summed E-state index contributed by atoms with van der Waals surface area (Å²) >= 11 is 0. The molecule has 0 saturated carbocycles. The van der Waals surface area contributed by atoms with Gasteiger partial charge in [0.05, 0.1) is 12.7 Å². The number of hydrogen-bond acceptors (Lipinski definition) is 12. The summed E-state index contributed by atoms with van der Waals surface area (Å²) < 4.78 is 26.9. The third-order valence-electron chi connectivity index (χ3n) is 5.15. The van der Waals surface area contributed by atoms with Crippen molar-refractivity contribution in [1.29, 1.82) is 0 Å². The Morgan fingerprint density at radius 1 is 0.733 bits per heavy atom. The number of aliphatic hydroxyl groups excluding tert-OH is 7. The van der Waals surface area contributed by atoms with Crippen molar-refractivity contribution in [3.05, 3.63) is 23.7 Å². The average Bonchev–Trinajstić information content (AvgIpc) is 3.19. The first kappa shape index (κ1) is 23.5. The Morgan fingerprint density at radius 3 is 1.77 bits per heavy atom. The number of furan rings is 1. The van der Waals surface area contributed by atoms with Crippen molar-refractivity contribution in [2.24, 2.45) is 0 Å². The lowest BCUT2D eigenvalue weighted by Gasteiger charge is -2.39. The van der Waals surface area contributed by atoms with Gasteiger partial charge in [-0.15, -0.1) is 0 Å². The van der Waals surface area contributed by atoms with Crippen molar-refractivity contribution < 1.29 is 59.1 Å². The van der Waals surface area contributed by atoms with E-state index in [0.29, 0.717) is 11.5 Å². The molecule has 0 bridgehead atoms. The predicted octanol–water partition coefficient (Wildman–Crippen LogP) is -3.06. The zero-order valence-corrected chi connectivity index (χ0v) is 16.2. The predicted molar refractivity (Wildman–Crippen MR) is 94.4 cm³/mol. The van der Waals surface area contributed by atoms with Crippen LogP contribution >= 0.6 is 0 Å². The van der Waals surface area contributed by atoms with E-state index in [1.54, 1.807) is 12.1 Å². The van der Waals surface area contributed by atoms with Crippen molar-refractivity contribution >= 4 is 0 Å². The summed E-state index contributed by atoms with van der Waals surface area (Å²) in [5, 5.41) is 68.1. The van der Waals surface area contributed by atoms with Crippen LogP contribution in [0.15, 0.2) is 16.5 Å². The molecule has 0 radical (unpaired) electrons. The topological polar surface area (TPSA) is 192 Å². The molecule has 3 heterocycles. The highest BCUT2D eigenvalue weighted by atomic mass is 16.7. The van der Waals surface area contributed by atoms with Crippen molar-refractivity contribution in [2.45, 2.75) is 81.5 Å². The Balaban J connectivity index is 1.49. The van der Waals surface area contributed by atoms with Crippen LogP contribution in [-0.2, 0) is 32.2 Å². The maximum Gasteiger partial charge on any atom is 0.187 e. The highest BCUT2D eigenvalue weighted by Gasteiger charge is 2.44. The molecular weight excluding hydrogens is 408 g/mol. The highest BCUT2D eigenvalue weighted by molar-refractivity contribution is 5.06. The van der Waals surface area contributed by atoms with Crippen molar-refractivity contribution in [1.82, 2.24) is 0 Å². The van der Waals surface area contributed by atoms with E-state index < -0.39 is 68.0 Å². The molecule has 2 unspecified atom stereocenters. The molecule has 12 nitrogen and oxygen atoms in total. The van der Waals surface area contributed by atoms with E-state index in [-0.39, 0.29) is 13.2 Å². The van der Waals surface area contributed by atoms with E-state index in [4.69, 9.17) is 23.4 Å². The van der Waals surface area contributed by atoms with Crippen molar-refractivity contribution in [2.75, 3.05) is 6.61 Å². The van der Waals surface area contributed by atoms with E-state index >= 15 is 0 Å². The molecule has 10 atom stereocenters. The number of rotatable bonds is 7. The lowest BCUT2D eigenvalue weighted by atomic mass is 9.99. The lowest BCUT2D eigenvalue weighted by molar-refractivity contribution is -0.305. The van der Waals surface area contributed by atoms with Gasteiger partial charge in [0.2, 0.25) is 0 Å². The normalized spacial score (nSPS) is 42.4. The van der Waals surface area contributed by atoms with E-state index in [0.717, 1.165) is 0 Å². The van der Waals surface area contributed by atoms with Gasteiger partial charge in [-0.05, 0) is 19.1 Å². The summed E-state index contributed by atoms with van der Waals surface area (Å²) in [6.45, 7) is 0.731. The van der Waals surface area contributed by atoms with Crippen molar-refractivity contribution in [3.63, 3.8) is 0 Å². The first-order valence-electron chi connectivity index (χ1n) is 9.54. The van der Waals surface area contributed by atoms with Gasteiger partial charge in [0, 0.05) is 0 Å². The maximum absolute atomic E-state index is 9.95. The molecule has 3 rings (SSSR count). The monoisotopic (exact) mass is 436 g/mol. The third-order valence-corrected chi connectivity index (χ3v) is 5.15. The molecule has 2 saturated heterocycles. The molecule has 1 aromatic heterocycles. The minimum Gasteiger partial charge on any atom is -0.461 e. The molecule has 0 amide bonds. The molecule has 12 heteroatoms. The van der Waals surface area contributed by atoms with Gasteiger partial charge in [0.1, 0.15) is 67.5 Å².